The SMILES string of the molecule is O=C(CCCCc1ccccc1)N1C[C@@H](O)[C@H](N2CCOCC2)C1. The summed E-state index contributed by atoms with van der Waals surface area (Å²) in [6.45, 7) is 4.26. The van der Waals surface area contributed by atoms with E-state index in [1.807, 2.05) is 11.0 Å². The average Bonchev–Trinajstić information content (AvgIpc) is 3.02. The van der Waals surface area contributed by atoms with Crippen LogP contribution in [0, 0.1) is 0 Å². The molecule has 1 N–H and O–H groups in total. The number of likely N-dealkylation sites (tertiary alicyclic amines) is 1. The van der Waals surface area contributed by atoms with Crippen LogP contribution >= 0.6 is 0 Å². The van der Waals surface area contributed by atoms with E-state index in [1.54, 1.807) is 0 Å². The number of rotatable bonds is 6. The molecule has 24 heavy (non-hydrogen) atoms. The molecule has 1 aromatic carbocycles. The summed E-state index contributed by atoms with van der Waals surface area (Å²) in [6, 6.07) is 10.5. The van der Waals surface area contributed by atoms with Gasteiger partial charge in [-0.2, -0.15) is 0 Å². The lowest BCUT2D eigenvalue weighted by Gasteiger charge is -2.33. The Labute approximate surface area is 144 Å². The van der Waals surface area contributed by atoms with E-state index in [9.17, 15) is 9.90 Å². The van der Waals surface area contributed by atoms with Crippen molar-refractivity contribution in [2.24, 2.45) is 0 Å². The van der Waals surface area contributed by atoms with Gasteiger partial charge >= 0.3 is 0 Å². The quantitative estimate of drug-likeness (QED) is 0.798. The number of benzene rings is 1. The maximum atomic E-state index is 12.4. The second kappa shape index (κ2) is 8.60. The fourth-order valence-corrected chi connectivity index (χ4v) is 3.65. The van der Waals surface area contributed by atoms with E-state index < -0.39 is 6.10 Å². The first-order valence-electron chi connectivity index (χ1n) is 9.05. The summed E-state index contributed by atoms with van der Waals surface area (Å²) in [5, 5.41) is 10.3. The Hall–Kier alpha value is -1.43. The van der Waals surface area contributed by atoms with Gasteiger partial charge in [0.2, 0.25) is 5.91 Å². The van der Waals surface area contributed by atoms with Crippen LogP contribution in [0.15, 0.2) is 30.3 Å². The first-order valence-corrected chi connectivity index (χ1v) is 9.05. The van der Waals surface area contributed by atoms with Crippen LogP contribution in [0.25, 0.3) is 0 Å². The molecule has 0 aliphatic carbocycles. The van der Waals surface area contributed by atoms with Gasteiger partial charge < -0.3 is 14.7 Å². The van der Waals surface area contributed by atoms with Crippen molar-refractivity contribution in [1.29, 1.82) is 0 Å². The van der Waals surface area contributed by atoms with Crippen molar-refractivity contribution in [3.63, 3.8) is 0 Å². The zero-order valence-corrected chi connectivity index (χ0v) is 14.3. The van der Waals surface area contributed by atoms with Gasteiger partial charge in [-0.3, -0.25) is 9.69 Å². The monoisotopic (exact) mass is 332 g/mol. The number of amides is 1. The summed E-state index contributed by atoms with van der Waals surface area (Å²) in [7, 11) is 0. The van der Waals surface area contributed by atoms with Gasteiger partial charge in [-0.25, -0.2) is 0 Å². The molecule has 0 spiro atoms. The normalized spacial score (nSPS) is 25.1. The molecule has 2 heterocycles. The minimum absolute atomic E-state index is 0.0715. The van der Waals surface area contributed by atoms with Crippen molar-refractivity contribution in [2.45, 2.75) is 37.8 Å². The zero-order chi connectivity index (χ0) is 16.8. The van der Waals surface area contributed by atoms with Crippen LogP contribution in [0.1, 0.15) is 24.8 Å². The predicted octanol–water partition coefficient (Wildman–Crippen LogP) is 1.30. The second-order valence-electron chi connectivity index (χ2n) is 6.77. The van der Waals surface area contributed by atoms with Gasteiger partial charge in [0, 0.05) is 32.6 Å². The summed E-state index contributed by atoms with van der Waals surface area (Å²) in [4.78, 5) is 16.5. The van der Waals surface area contributed by atoms with Crippen LogP contribution in [0.3, 0.4) is 0 Å². The van der Waals surface area contributed by atoms with Crippen LogP contribution in [0.5, 0.6) is 0 Å². The average molecular weight is 332 g/mol. The Bertz CT molecular complexity index is 517. The van der Waals surface area contributed by atoms with E-state index in [0.29, 0.717) is 19.5 Å². The Kier molecular flexibility index (Phi) is 6.24. The molecule has 3 rings (SSSR count). The van der Waals surface area contributed by atoms with Crippen LogP contribution in [0.4, 0.5) is 0 Å². The predicted molar refractivity (Wildman–Crippen MR) is 92.8 cm³/mol. The molecule has 5 heteroatoms. The number of β-amino-alcohol motifs (C(OH)–C–C–N with tert-alkyl or cyclic N) is 1. The molecular weight excluding hydrogens is 304 g/mol. The molecule has 2 saturated heterocycles. The molecule has 0 aromatic heterocycles. The highest BCUT2D eigenvalue weighted by Gasteiger charge is 2.37. The van der Waals surface area contributed by atoms with Gasteiger partial charge in [-0.15, -0.1) is 0 Å². The van der Waals surface area contributed by atoms with E-state index in [-0.39, 0.29) is 11.9 Å². The number of ether oxygens (including phenoxy) is 1. The van der Waals surface area contributed by atoms with Gasteiger partial charge in [0.25, 0.3) is 0 Å². The fourth-order valence-electron chi connectivity index (χ4n) is 3.65. The second-order valence-corrected chi connectivity index (χ2v) is 6.77. The topological polar surface area (TPSA) is 53.0 Å². The molecule has 0 bridgehead atoms. The van der Waals surface area contributed by atoms with Crippen molar-refractivity contribution >= 4 is 5.91 Å². The molecule has 1 aromatic rings. The molecule has 2 atom stereocenters. The summed E-state index contributed by atoms with van der Waals surface area (Å²) >= 11 is 0. The third-order valence-corrected chi connectivity index (χ3v) is 5.08. The highest BCUT2D eigenvalue weighted by Crippen LogP contribution is 2.19. The summed E-state index contributed by atoms with van der Waals surface area (Å²) in [5.41, 5.74) is 1.33. The van der Waals surface area contributed by atoms with E-state index in [1.165, 1.54) is 5.56 Å². The highest BCUT2D eigenvalue weighted by molar-refractivity contribution is 5.76. The number of hydrogen-bond donors (Lipinski definition) is 1. The number of morpholine rings is 1. The molecular formula is C19H28N2O3. The third kappa shape index (κ3) is 4.56. The Morgan fingerprint density at radius 2 is 1.88 bits per heavy atom. The Morgan fingerprint density at radius 3 is 2.62 bits per heavy atom. The number of carbonyl (C=O) groups excluding carboxylic acids is 1. The molecule has 5 nitrogen and oxygen atoms in total. The van der Waals surface area contributed by atoms with E-state index in [4.69, 9.17) is 4.74 Å². The summed E-state index contributed by atoms with van der Waals surface area (Å²) < 4.78 is 5.37. The first-order chi connectivity index (χ1) is 11.7. The number of aliphatic hydroxyl groups is 1. The smallest absolute Gasteiger partial charge is 0.222 e. The maximum absolute atomic E-state index is 12.4. The van der Waals surface area contributed by atoms with Gasteiger partial charge in [0.1, 0.15) is 0 Å². The highest BCUT2D eigenvalue weighted by atomic mass is 16.5. The summed E-state index contributed by atoms with van der Waals surface area (Å²) in [5.74, 6) is 0.179. The molecule has 2 aliphatic rings. The maximum Gasteiger partial charge on any atom is 0.222 e. The van der Waals surface area contributed by atoms with Crippen molar-refractivity contribution in [1.82, 2.24) is 9.80 Å². The van der Waals surface area contributed by atoms with E-state index in [0.717, 1.165) is 45.6 Å². The Balaban J connectivity index is 1.39. The molecule has 0 radical (unpaired) electrons. The van der Waals surface area contributed by atoms with Crippen molar-refractivity contribution in [2.75, 3.05) is 39.4 Å². The molecule has 2 fully saturated rings. The minimum Gasteiger partial charge on any atom is -0.390 e. The number of unbranched alkanes of at least 4 members (excludes halogenated alkanes) is 1. The van der Waals surface area contributed by atoms with Crippen molar-refractivity contribution in [3.8, 4) is 0 Å². The number of nitrogens with zero attached hydrogens (tertiary/aromatic N) is 2. The van der Waals surface area contributed by atoms with Gasteiger partial charge in [-0.1, -0.05) is 30.3 Å². The van der Waals surface area contributed by atoms with Gasteiger partial charge in [0.05, 0.1) is 25.4 Å². The molecule has 1 amide bonds. The van der Waals surface area contributed by atoms with E-state index in [2.05, 4.69) is 29.2 Å². The minimum atomic E-state index is -0.434. The molecule has 2 aliphatic heterocycles. The standard InChI is InChI=1S/C19H28N2O3/c22-18-15-21(14-17(18)20-10-12-24-13-11-20)19(23)9-5-4-8-16-6-2-1-3-7-16/h1-3,6-7,17-18,22H,4-5,8-15H2/t17-,18-/m1/s1. The third-order valence-electron chi connectivity index (χ3n) is 5.08. The largest absolute Gasteiger partial charge is 0.390 e. The molecule has 132 valence electrons. The fraction of sp³-hybridized carbons (Fsp3) is 0.632. The lowest BCUT2D eigenvalue weighted by atomic mass is 10.1. The van der Waals surface area contributed by atoms with Crippen LogP contribution in [0.2, 0.25) is 0 Å². The van der Waals surface area contributed by atoms with Crippen LogP contribution in [-0.2, 0) is 16.0 Å². The van der Waals surface area contributed by atoms with Crippen LogP contribution < -0.4 is 0 Å². The molecule has 0 unspecified atom stereocenters. The van der Waals surface area contributed by atoms with Crippen LogP contribution in [-0.4, -0.2) is 72.4 Å². The van der Waals surface area contributed by atoms with E-state index >= 15 is 0 Å². The lowest BCUT2D eigenvalue weighted by molar-refractivity contribution is -0.130. The number of aliphatic hydroxyl groups excluding tert-OH is 1. The number of hydrogen-bond acceptors (Lipinski definition) is 4. The summed E-state index contributed by atoms with van der Waals surface area (Å²) in [6.07, 6.45) is 3.10. The van der Waals surface area contributed by atoms with Gasteiger partial charge in [0.15, 0.2) is 0 Å². The lowest BCUT2D eigenvalue weighted by Crippen LogP contribution is -2.49. The van der Waals surface area contributed by atoms with Crippen molar-refractivity contribution in [3.05, 3.63) is 35.9 Å². The number of carbonyl (C=O) groups is 1. The zero-order valence-electron chi connectivity index (χ0n) is 14.3. The Morgan fingerprint density at radius 1 is 1.12 bits per heavy atom. The molecule has 0 saturated carbocycles. The van der Waals surface area contributed by atoms with Crippen molar-refractivity contribution < 1.29 is 14.6 Å². The van der Waals surface area contributed by atoms with Gasteiger partial charge in [-0.05, 0) is 24.8 Å². The first kappa shape index (κ1) is 17.4. The number of aryl methyl sites for hydroxylation is 1.